The molecule has 0 unspecified atom stereocenters. The Morgan fingerprint density at radius 2 is 1.15 bits per heavy atom. The first-order valence-electron chi connectivity index (χ1n) is 19.6. The van der Waals surface area contributed by atoms with Gasteiger partial charge in [-0.15, -0.1) is 0 Å². The van der Waals surface area contributed by atoms with Crippen molar-refractivity contribution in [2.75, 3.05) is 9.80 Å². The maximum atomic E-state index is 7.48. The topological polar surface area (TPSA) is 32.8 Å². The predicted molar refractivity (Wildman–Crippen MR) is 221 cm³/mol. The van der Waals surface area contributed by atoms with Crippen molar-refractivity contribution in [2.45, 2.75) is 103 Å². The van der Waals surface area contributed by atoms with Gasteiger partial charge in [0.1, 0.15) is 17.8 Å². The molecule has 0 bridgehead atoms. The summed E-state index contributed by atoms with van der Waals surface area (Å²) in [4.78, 5) is 5.02. The molecular weight excluding hydrogens is 647 g/mol. The average Bonchev–Trinajstić information content (AvgIpc) is 3.87. The zero-order valence-electron chi connectivity index (χ0n) is 32.4. The van der Waals surface area contributed by atoms with E-state index in [1.54, 1.807) is 0 Å². The molecule has 0 spiro atoms. The molecule has 2 aromatic heterocycles. The second kappa shape index (κ2) is 10.8. The van der Waals surface area contributed by atoms with Crippen LogP contribution in [0.3, 0.4) is 0 Å². The smallest absolute Gasteiger partial charge is 0.294 e. The number of hydrogen-bond acceptors (Lipinski definition) is 4. The van der Waals surface area contributed by atoms with Crippen molar-refractivity contribution in [3.8, 4) is 11.1 Å². The molecule has 2 aliphatic carbocycles. The lowest BCUT2D eigenvalue weighted by atomic mass is 9.39. The minimum Gasteiger partial charge on any atom is -0.472 e. The summed E-state index contributed by atoms with van der Waals surface area (Å²) in [5.74, 6) is 2.27. The second-order valence-corrected chi connectivity index (χ2v) is 18.6. The summed E-state index contributed by atoms with van der Waals surface area (Å²) in [5, 5.41) is 0. The van der Waals surface area contributed by atoms with Crippen molar-refractivity contribution in [1.82, 2.24) is 0 Å². The highest BCUT2D eigenvalue weighted by atomic mass is 16.3. The Hall–Kier alpha value is -4.90. The second-order valence-electron chi connectivity index (χ2n) is 18.6. The van der Waals surface area contributed by atoms with E-state index in [0.29, 0.717) is 0 Å². The van der Waals surface area contributed by atoms with Crippen molar-refractivity contribution in [3.63, 3.8) is 0 Å². The van der Waals surface area contributed by atoms with Crippen LogP contribution in [0.25, 0.3) is 11.1 Å². The molecule has 4 heterocycles. The number of fused-ring (bicyclic) bond motifs is 8. The van der Waals surface area contributed by atoms with Gasteiger partial charge in [-0.1, -0.05) is 122 Å². The van der Waals surface area contributed by atoms with Crippen LogP contribution in [0.1, 0.15) is 104 Å². The Labute approximate surface area is 314 Å². The van der Waals surface area contributed by atoms with Crippen LogP contribution < -0.4 is 26.4 Å². The van der Waals surface area contributed by atoms with Crippen LogP contribution in [-0.2, 0) is 21.7 Å². The third kappa shape index (κ3) is 4.49. The lowest BCUT2D eigenvalue weighted by Crippen LogP contribution is -2.54. The zero-order valence-corrected chi connectivity index (χ0v) is 32.4. The first-order valence-corrected chi connectivity index (χ1v) is 19.6. The third-order valence-electron chi connectivity index (χ3n) is 13.3. The molecule has 0 saturated heterocycles. The fraction of sp³-hybridized carbons (Fsp3) is 0.333. The first-order chi connectivity index (χ1) is 25.3. The molecule has 53 heavy (non-hydrogen) atoms. The fourth-order valence-corrected chi connectivity index (χ4v) is 10.3. The minimum atomic E-state index is -0.0827. The summed E-state index contributed by atoms with van der Waals surface area (Å²) in [7, 11) is 0. The summed E-state index contributed by atoms with van der Waals surface area (Å²) in [6, 6.07) is 35.4. The number of anilines is 6. The molecule has 4 aliphatic rings. The van der Waals surface area contributed by atoms with Gasteiger partial charge in [0.15, 0.2) is 0 Å². The van der Waals surface area contributed by atoms with E-state index in [1.165, 1.54) is 50.2 Å². The molecular formula is C48H49BN2O2. The molecule has 0 fully saturated rings. The SMILES string of the molecule is CC1(C)CCC(C)(C)c2c(N3c4ccc(N(c5ccccc5)c5ccccc5)c5c4B(c4ccccc4-5)c4oc5c(c43)C(C)(C)CCC5(C)C)coc21. The monoisotopic (exact) mass is 696 g/mol. The van der Waals surface area contributed by atoms with Gasteiger partial charge < -0.3 is 18.6 Å². The predicted octanol–water partition coefficient (Wildman–Crippen LogP) is 11.3. The Balaban J connectivity index is 1.34. The molecule has 0 radical (unpaired) electrons. The summed E-state index contributed by atoms with van der Waals surface area (Å²) >= 11 is 0. The van der Waals surface area contributed by atoms with E-state index in [1.807, 2.05) is 0 Å². The average molecular weight is 697 g/mol. The van der Waals surface area contributed by atoms with E-state index >= 15 is 0 Å². The normalized spacial score (nSPS) is 19.2. The molecule has 10 rings (SSSR count). The lowest BCUT2D eigenvalue weighted by Gasteiger charge is -2.43. The van der Waals surface area contributed by atoms with Crippen LogP contribution in [0.15, 0.2) is 112 Å². The Kier molecular flexibility index (Phi) is 6.70. The minimum absolute atomic E-state index is 0.0276. The summed E-state index contributed by atoms with van der Waals surface area (Å²) in [5.41, 5.74) is 15.8. The molecule has 0 saturated carbocycles. The standard InChI is InChI=1S/C48H49BN2O2/c1-45(2)25-27-47(5,6)42-38(45)36(29-52-42)51-35-24-23-34(50(30-17-11-9-12-18-30)31-19-13-10-14-20-31)37-32-21-15-16-22-33(32)49(40(35)37)44-41(51)39-43(53-44)48(7,8)28-26-46(39,3)4/h9-24,29H,25-28H2,1-8H3. The van der Waals surface area contributed by atoms with Gasteiger partial charge in [0, 0.05) is 44.6 Å². The van der Waals surface area contributed by atoms with Crippen molar-refractivity contribution in [2.24, 2.45) is 0 Å². The van der Waals surface area contributed by atoms with E-state index in [2.05, 4.69) is 169 Å². The molecule has 5 heteroatoms. The summed E-state index contributed by atoms with van der Waals surface area (Å²) in [6.45, 7) is 19.1. The zero-order chi connectivity index (χ0) is 36.7. The number of hydrogen-bond donors (Lipinski definition) is 0. The van der Waals surface area contributed by atoms with Gasteiger partial charge in [-0.25, -0.2) is 0 Å². The molecule has 4 aromatic carbocycles. The number of nitrogens with zero attached hydrogens (tertiary/aromatic N) is 2. The van der Waals surface area contributed by atoms with E-state index < -0.39 is 0 Å². The maximum absolute atomic E-state index is 7.48. The number of rotatable bonds is 4. The van der Waals surface area contributed by atoms with Crippen LogP contribution >= 0.6 is 0 Å². The highest BCUT2D eigenvalue weighted by Gasteiger charge is 2.54. The third-order valence-corrected chi connectivity index (χ3v) is 13.3. The molecule has 4 nitrogen and oxygen atoms in total. The quantitative estimate of drug-likeness (QED) is 0.172. The summed E-state index contributed by atoms with van der Waals surface area (Å²) in [6.07, 6.45) is 6.48. The highest BCUT2D eigenvalue weighted by Crippen LogP contribution is 2.58. The van der Waals surface area contributed by atoms with Crippen LogP contribution in [0.5, 0.6) is 0 Å². The molecule has 266 valence electrons. The van der Waals surface area contributed by atoms with Gasteiger partial charge in [0.2, 0.25) is 0 Å². The van der Waals surface area contributed by atoms with Crippen LogP contribution in [0, 0.1) is 0 Å². The van der Waals surface area contributed by atoms with Crippen LogP contribution in [0.4, 0.5) is 34.1 Å². The maximum Gasteiger partial charge on any atom is 0.294 e. The van der Waals surface area contributed by atoms with Crippen molar-refractivity contribution >= 4 is 57.4 Å². The Morgan fingerprint density at radius 1 is 0.585 bits per heavy atom. The molecule has 6 aromatic rings. The number of para-hydroxylation sites is 2. The van der Waals surface area contributed by atoms with Gasteiger partial charge in [-0.05, 0) is 83.9 Å². The molecule has 0 amide bonds. The van der Waals surface area contributed by atoms with Gasteiger partial charge in [-0.2, -0.15) is 0 Å². The summed E-state index contributed by atoms with van der Waals surface area (Å²) < 4.78 is 14.2. The Morgan fingerprint density at radius 3 is 1.81 bits per heavy atom. The molecule has 0 N–H and O–H groups in total. The van der Waals surface area contributed by atoms with Crippen LogP contribution in [0.2, 0.25) is 0 Å². The van der Waals surface area contributed by atoms with E-state index in [4.69, 9.17) is 8.83 Å². The largest absolute Gasteiger partial charge is 0.472 e. The van der Waals surface area contributed by atoms with Crippen molar-refractivity contribution < 1.29 is 8.83 Å². The van der Waals surface area contributed by atoms with E-state index in [9.17, 15) is 0 Å². The molecule has 0 atom stereocenters. The first kappa shape index (κ1) is 32.7. The van der Waals surface area contributed by atoms with Crippen molar-refractivity contribution in [1.29, 1.82) is 0 Å². The number of furan rings is 2. The van der Waals surface area contributed by atoms with Crippen LogP contribution in [-0.4, -0.2) is 6.71 Å². The highest BCUT2D eigenvalue weighted by molar-refractivity contribution is 7.01. The van der Waals surface area contributed by atoms with Gasteiger partial charge in [-0.3, -0.25) is 0 Å². The fourth-order valence-electron chi connectivity index (χ4n) is 10.3. The van der Waals surface area contributed by atoms with Gasteiger partial charge >= 0.3 is 0 Å². The van der Waals surface area contributed by atoms with Gasteiger partial charge in [0.05, 0.1) is 22.7 Å². The van der Waals surface area contributed by atoms with E-state index in [-0.39, 0.29) is 28.4 Å². The number of benzene rings is 4. The lowest BCUT2D eigenvalue weighted by molar-refractivity contribution is 0.278. The van der Waals surface area contributed by atoms with Crippen molar-refractivity contribution in [3.05, 3.63) is 126 Å². The van der Waals surface area contributed by atoms with Gasteiger partial charge in [0.25, 0.3) is 6.71 Å². The molecule has 2 aliphatic heterocycles. The Bertz CT molecular complexity index is 2390. The van der Waals surface area contributed by atoms with E-state index in [0.717, 1.165) is 59.9 Å².